The summed E-state index contributed by atoms with van der Waals surface area (Å²) in [5, 5.41) is 7.32. The van der Waals surface area contributed by atoms with E-state index in [1.807, 2.05) is 0 Å². The number of rotatable bonds is 3. The van der Waals surface area contributed by atoms with Gasteiger partial charge < -0.3 is 9.84 Å². The molecule has 20 heavy (non-hydrogen) atoms. The van der Waals surface area contributed by atoms with Crippen LogP contribution in [0.15, 0.2) is 27.2 Å². The lowest BCUT2D eigenvalue weighted by molar-refractivity contribution is 0.359. The van der Waals surface area contributed by atoms with Gasteiger partial charge in [0, 0.05) is 10.9 Å². The summed E-state index contributed by atoms with van der Waals surface area (Å²) < 4.78 is 19.7. The maximum Gasteiger partial charge on any atom is 0.260 e. The van der Waals surface area contributed by atoms with Gasteiger partial charge in [-0.1, -0.05) is 21.1 Å². The number of hydrogen-bond donors (Lipinski definition) is 1. The van der Waals surface area contributed by atoms with Gasteiger partial charge in [-0.25, -0.2) is 4.39 Å². The molecule has 0 saturated carbocycles. The summed E-state index contributed by atoms with van der Waals surface area (Å²) in [6, 6.07) is 4.67. The number of benzene rings is 1. The Balaban J connectivity index is 1.77. The van der Waals surface area contributed by atoms with Crippen molar-refractivity contribution in [1.29, 1.82) is 0 Å². The van der Waals surface area contributed by atoms with Gasteiger partial charge >= 0.3 is 0 Å². The Hall–Kier alpha value is -1.27. The van der Waals surface area contributed by atoms with Gasteiger partial charge in [0.2, 0.25) is 0 Å². The number of nitrogens with one attached hydrogen (secondary N) is 1. The predicted octanol–water partition coefficient (Wildman–Crippen LogP) is 3.18. The number of piperidine rings is 1. The first kappa shape index (κ1) is 13.7. The molecule has 4 nitrogen and oxygen atoms in total. The molecule has 1 aliphatic rings. The molecular formula is C14H15BrFN3O. The standard InChI is InChI=1S/C14H15BrFN3O/c15-10-3-4-12(16)11(7-10)14-18-13(19-20-14)6-9-2-1-5-17-8-9/h3-4,7,9,17H,1-2,5-6,8H2. The topological polar surface area (TPSA) is 51.0 Å². The quantitative estimate of drug-likeness (QED) is 0.932. The third-order valence-corrected chi connectivity index (χ3v) is 3.99. The molecular weight excluding hydrogens is 325 g/mol. The van der Waals surface area contributed by atoms with E-state index in [2.05, 4.69) is 31.4 Å². The van der Waals surface area contributed by atoms with Gasteiger partial charge in [-0.15, -0.1) is 0 Å². The molecule has 1 unspecified atom stereocenters. The molecule has 2 heterocycles. The van der Waals surface area contributed by atoms with E-state index >= 15 is 0 Å². The molecule has 1 aromatic carbocycles. The van der Waals surface area contributed by atoms with Crippen LogP contribution in [0.1, 0.15) is 18.7 Å². The van der Waals surface area contributed by atoms with Crippen molar-refractivity contribution in [1.82, 2.24) is 15.5 Å². The molecule has 1 aromatic heterocycles. The Morgan fingerprint density at radius 1 is 1.45 bits per heavy atom. The van der Waals surface area contributed by atoms with Gasteiger partial charge in [0.1, 0.15) is 5.82 Å². The number of halogens is 2. The van der Waals surface area contributed by atoms with Crippen LogP contribution in [0.25, 0.3) is 11.5 Å². The normalized spacial score (nSPS) is 19.2. The Morgan fingerprint density at radius 2 is 2.35 bits per heavy atom. The van der Waals surface area contributed by atoms with E-state index in [0.29, 0.717) is 17.3 Å². The number of nitrogens with zero attached hydrogens (tertiary/aromatic N) is 2. The fourth-order valence-electron chi connectivity index (χ4n) is 2.46. The third-order valence-electron chi connectivity index (χ3n) is 3.50. The molecule has 1 aliphatic heterocycles. The van der Waals surface area contributed by atoms with E-state index in [-0.39, 0.29) is 11.7 Å². The van der Waals surface area contributed by atoms with Crippen LogP contribution in [0.5, 0.6) is 0 Å². The summed E-state index contributed by atoms with van der Waals surface area (Å²) in [5.41, 5.74) is 0.333. The minimum absolute atomic E-state index is 0.238. The van der Waals surface area contributed by atoms with Gasteiger partial charge in [0.05, 0.1) is 5.56 Å². The zero-order valence-electron chi connectivity index (χ0n) is 10.9. The molecule has 0 radical (unpaired) electrons. The Kier molecular flexibility index (Phi) is 4.12. The van der Waals surface area contributed by atoms with Crippen LogP contribution in [0.4, 0.5) is 4.39 Å². The second-order valence-electron chi connectivity index (χ2n) is 5.06. The minimum Gasteiger partial charge on any atom is -0.334 e. The van der Waals surface area contributed by atoms with E-state index in [1.54, 1.807) is 12.1 Å². The molecule has 1 fully saturated rings. The summed E-state index contributed by atoms with van der Waals surface area (Å²) in [4.78, 5) is 4.31. The summed E-state index contributed by atoms with van der Waals surface area (Å²) >= 11 is 3.32. The van der Waals surface area contributed by atoms with Crippen molar-refractivity contribution in [3.05, 3.63) is 34.3 Å². The summed E-state index contributed by atoms with van der Waals surface area (Å²) in [6.07, 6.45) is 3.11. The average molecular weight is 340 g/mol. The van der Waals surface area contributed by atoms with E-state index in [4.69, 9.17) is 4.52 Å². The highest BCUT2D eigenvalue weighted by Gasteiger charge is 2.18. The van der Waals surface area contributed by atoms with E-state index in [1.165, 1.54) is 18.9 Å². The molecule has 6 heteroatoms. The second kappa shape index (κ2) is 6.01. The SMILES string of the molecule is Fc1ccc(Br)cc1-c1nc(CC2CCCNC2)no1. The first-order valence-corrected chi connectivity index (χ1v) is 7.50. The monoisotopic (exact) mass is 339 g/mol. The Morgan fingerprint density at radius 3 is 3.15 bits per heavy atom. The second-order valence-corrected chi connectivity index (χ2v) is 5.97. The van der Waals surface area contributed by atoms with E-state index in [9.17, 15) is 4.39 Å². The lowest BCUT2D eigenvalue weighted by Gasteiger charge is -2.20. The van der Waals surface area contributed by atoms with Crippen LogP contribution in [0, 0.1) is 11.7 Å². The minimum atomic E-state index is -0.359. The molecule has 0 aliphatic carbocycles. The van der Waals surface area contributed by atoms with Gasteiger partial charge in [0.15, 0.2) is 5.82 Å². The first-order valence-electron chi connectivity index (χ1n) is 6.71. The van der Waals surface area contributed by atoms with Gasteiger partial charge in [-0.2, -0.15) is 4.98 Å². The fraction of sp³-hybridized carbons (Fsp3) is 0.429. The zero-order chi connectivity index (χ0) is 13.9. The lowest BCUT2D eigenvalue weighted by atomic mass is 9.96. The summed E-state index contributed by atoms with van der Waals surface area (Å²) in [7, 11) is 0. The van der Waals surface area contributed by atoms with Crippen molar-refractivity contribution in [3.63, 3.8) is 0 Å². The van der Waals surface area contributed by atoms with Crippen molar-refractivity contribution < 1.29 is 8.91 Å². The molecule has 0 bridgehead atoms. The molecule has 0 spiro atoms. The number of aromatic nitrogens is 2. The summed E-state index contributed by atoms with van der Waals surface area (Å²) in [6.45, 7) is 2.06. The van der Waals surface area contributed by atoms with Gasteiger partial charge in [0.25, 0.3) is 5.89 Å². The third kappa shape index (κ3) is 3.07. The molecule has 1 N–H and O–H groups in total. The molecule has 3 rings (SSSR count). The fourth-order valence-corrected chi connectivity index (χ4v) is 2.83. The van der Waals surface area contributed by atoms with Crippen LogP contribution in [-0.2, 0) is 6.42 Å². The highest BCUT2D eigenvalue weighted by molar-refractivity contribution is 9.10. The lowest BCUT2D eigenvalue weighted by Crippen LogP contribution is -2.31. The van der Waals surface area contributed by atoms with Crippen LogP contribution < -0.4 is 5.32 Å². The Bertz CT molecular complexity index is 596. The van der Waals surface area contributed by atoms with E-state index in [0.717, 1.165) is 24.0 Å². The molecule has 1 atom stereocenters. The van der Waals surface area contributed by atoms with Crippen molar-refractivity contribution in [2.75, 3.05) is 13.1 Å². The van der Waals surface area contributed by atoms with E-state index < -0.39 is 0 Å². The van der Waals surface area contributed by atoms with Crippen molar-refractivity contribution in [2.24, 2.45) is 5.92 Å². The van der Waals surface area contributed by atoms with Crippen LogP contribution in [0.2, 0.25) is 0 Å². The summed E-state index contributed by atoms with van der Waals surface area (Å²) in [5.74, 6) is 1.06. The molecule has 106 valence electrons. The van der Waals surface area contributed by atoms with Crippen molar-refractivity contribution in [2.45, 2.75) is 19.3 Å². The molecule has 0 amide bonds. The maximum atomic E-state index is 13.8. The molecule has 2 aromatic rings. The van der Waals surface area contributed by atoms with Crippen LogP contribution >= 0.6 is 15.9 Å². The molecule has 1 saturated heterocycles. The largest absolute Gasteiger partial charge is 0.334 e. The van der Waals surface area contributed by atoms with Crippen LogP contribution in [-0.4, -0.2) is 23.2 Å². The smallest absolute Gasteiger partial charge is 0.260 e. The maximum absolute atomic E-state index is 13.8. The number of hydrogen-bond acceptors (Lipinski definition) is 4. The van der Waals surface area contributed by atoms with Crippen LogP contribution in [0.3, 0.4) is 0 Å². The first-order chi connectivity index (χ1) is 9.72. The Labute approximate surface area is 124 Å². The average Bonchev–Trinajstić information content (AvgIpc) is 2.91. The zero-order valence-corrected chi connectivity index (χ0v) is 12.5. The highest BCUT2D eigenvalue weighted by atomic mass is 79.9. The van der Waals surface area contributed by atoms with Gasteiger partial charge in [-0.05, 0) is 50.0 Å². The van der Waals surface area contributed by atoms with Crippen molar-refractivity contribution >= 4 is 15.9 Å². The van der Waals surface area contributed by atoms with Gasteiger partial charge in [-0.3, -0.25) is 0 Å². The van der Waals surface area contributed by atoms with Crippen molar-refractivity contribution in [3.8, 4) is 11.5 Å². The predicted molar refractivity (Wildman–Crippen MR) is 76.7 cm³/mol. The highest BCUT2D eigenvalue weighted by Crippen LogP contribution is 2.25.